The van der Waals surface area contributed by atoms with Gasteiger partial charge in [-0.25, -0.2) is 0 Å². The van der Waals surface area contributed by atoms with Crippen LogP contribution in [0.3, 0.4) is 0 Å². The van der Waals surface area contributed by atoms with Crippen molar-refractivity contribution in [2.75, 3.05) is 7.11 Å². The fourth-order valence-corrected chi connectivity index (χ4v) is 1.89. The van der Waals surface area contributed by atoms with Crippen LogP contribution in [0.2, 0.25) is 0 Å². The molecular formula is C15H16N2O3. The Morgan fingerprint density at radius 3 is 2.90 bits per heavy atom. The Bertz CT molecular complexity index is 572. The minimum absolute atomic E-state index is 0.433. The van der Waals surface area contributed by atoms with Crippen molar-refractivity contribution in [3.05, 3.63) is 59.9 Å². The van der Waals surface area contributed by atoms with Crippen molar-refractivity contribution >= 4 is 5.97 Å². The van der Waals surface area contributed by atoms with E-state index in [-0.39, 0.29) is 0 Å². The van der Waals surface area contributed by atoms with Crippen LogP contribution in [-0.2, 0) is 11.3 Å². The van der Waals surface area contributed by atoms with E-state index in [1.54, 1.807) is 43.8 Å². The Kier molecular flexibility index (Phi) is 4.68. The number of methoxy groups -OCH3 is 1. The van der Waals surface area contributed by atoms with Gasteiger partial charge in [0.15, 0.2) is 0 Å². The van der Waals surface area contributed by atoms with Crippen molar-refractivity contribution in [2.24, 2.45) is 0 Å². The van der Waals surface area contributed by atoms with Crippen LogP contribution >= 0.6 is 0 Å². The van der Waals surface area contributed by atoms with Gasteiger partial charge in [0.2, 0.25) is 0 Å². The van der Waals surface area contributed by atoms with Crippen LogP contribution in [0.4, 0.5) is 0 Å². The van der Waals surface area contributed by atoms with Crippen molar-refractivity contribution in [3.63, 3.8) is 0 Å². The third kappa shape index (κ3) is 3.55. The van der Waals surface area contributed by atoms with Gasteiger partial charge in [-0.05, 0) is 29.3 Å². The lowest BCUT2D eigenvalue weighted by atomic mass is 10.1. The maximum atomic E-state index is 11.4. The maximum absolute atomic E-state index is 11.4. The van der Waals surface area contributed by atoms with Crippen LogP contribution in [-0.4, -0.2) is 23.2 Å². The highest BCUT2D eigenvalue weighted by Gasteiger charge is 2.19. The molecular weight excluding hydrogens is 256 g/mol. The van der Waals surface area contributed by atoms with Gasteiger partial charge in [0.05, 0.1) is 7.11 Å². The number of aliphatic carboxylic acids is 1. The van der Waals surface area contributed by atoms with Gasteiger partial charge in [-0.15, -0.1) is 0 Å². The first-order chi connectivity index (χ1) is 9.70. The van der Waals surface area contributed by atoms with E-state index in [4.69, 9.17) is 4.74 Å². The molecule has 5 nitrogen and oxygen atoms in total. The summed E-state index contributed by atoms with van der Waals surface area (Å²) in [5, 5.41) is 12.4. The predicted molar refractivity (Wildman–Crippen MR) is 74.4 cm³/mol. The van der Waals surface area contributed by atoms with Gasteiger partial charge in [0.25, 0.3) is 0 Å². The van der Waals surface area contributed by atoms with Gasteiger partial charge in [-0.1, -0.05) is 18.2 Å². The molecule has 0 aliphatic carbocycles. The number of nitrogens with one attached hydrogen (secondary N) is 1. The van der Waals surface area contributed by atoms with Crippen LogP contribution in [0.15, 0.2) is 48.8 Å². The Balaban J connectivity index is 2.12. The molecule has 0 fully saturated rings. The van der Waals surface area contributed by atoms with Crippen LogP contribution in [0.25, 0.3) is 0 Å². The first-order valence-corrected chi connectivity index (χ1v) is 6.20. The largest absolute Gasteiger partial charge is 0.497 e. The number of carboxylic acids is 1. The van der Waals surface area contributed by atoms with Crippen LogP contribution in [0.5, 0.6) is 5.75 Å². The molecule has 1 heterocycles. The molecule has 0 amide bonds. The summed E-state index contributed by atoms with van der Waals surface area (Å²) in [4.78, 5) is 15.4. The average Bonchev–Trinajstić information content (AvgIpc) is 2.48. The minimum atomic E-state index is -0.929. The lowest BCUT2D eigenvalue weighted by molar-refractivity contribution is -0.139. The van der Waals surface area contributed by atoms with Gasteiger partial charge in [0, 0.05) is 18.9 Å². The maximum Gasteiger partial charge on any atom is 0.325 e. The van der Waals surface area contributed by atoms with Gasteiger partial charge in [-0.3, -0.25) is 15.1 Å². The molecule has 0 aliphatic heterocycles. The number of benzene rings is 1. The smallest absolute Gasteiger partial charge is 0.325 e. The number of nitrogens with zero attached hydrogens (tertiary/aromatic N) is 1. The average molecular weight is 272 g/mol. The fourth-order valence-electron chi connectivity index (χ4n) is 1.89. The van der Waals surface area contributed by atoms with E-state index in [0.29, 0.717) is 17.9 Å². The number of rotatable bonds is 6. The Hall–Kier alpha value is -2.40. The quantitative estimate of drug-likeness (QED) is 0.841. The summed E-state index contributed by atoms with van der Waals surface area (Å²) in [7, 11) is 1.55. The van der Waals surface area contributed by atoms with Gasteiger partial charge in [-0.2, -0.15) is 0 Å². The van der Waals surface area contributed by atoms with Crippen molar-refractivity contribution in [2.45, 2.75) is 12.6 Å². The molecule has 1 atom stereocenters. The lowest BCUT2D eigenvalue weighted by Gasteiger charge is -2.15. The molecule has 1 unspecified atom stereocenters. The number of carbonyl (C=O) groups is 1. The Morgan fingerprint density at radius 2 is 2.25 bits per heavy atom. The minimum Gasteiger partial charge on any atom is -0.497 e. The number of ether oxygens (including phenoxy) is 1. The van der Waals surface area contributed by atoms with Crippen LogP contribution in [0.1, 0.15) is 17.2 Å². The molecule has 1 aromatic carbocycles. The SMILES string of the molecule is COc1cccc(C(NCc2cccnc2)C(=O)O)c1. The molecule has 0 saturated heterocycles. The second-order valence-corrected chi connectivity index (χ2v) is 4.29. The Morgan fingerprint density at radius 1 is 1.40 bits per heavy atom. The van der Waals surface area contributed by atoms with Crippen LogP contribution < -0.4 is 10.1 Å². The monoisotopic (exact) mass is 272 g/mol. The van der Waals surface area contributed by atoms with E-state index in [1.165, 1.54) is 0 Å². The van der Waals surface area contributed by atoms with E-state index in [2.05, 4.69) is 10.3 Å². The highest BCUT2D eigenvalue weighted by atomic mass is 16.5. The molecule has 0 saturated carbocycles. The molecule has 5 heteroatoms. The standard InChI is InChI=1S/C15H16N2O3/c1-20-13-6-2-5-12(8-13)14(15(18)19)17-10-11-4-3-7-16-9-11/h2-9,14,17H,10H2,1H3,(H,18,19). The number of carboxylic acid groups (broad SMARTS) is 1. The fraction of sp³-hybridized carbons (Fsp3) is 0.200. The molecule has 2 aromatic rings. The second kappa shape index (κ2) is 6.68. The molecule has 2 N–H and O–H groups in total. The molecule has 0 spiro atoms. The molecule has 2 rings (SSSR count). The molecule has 0 aliphatic rings. The van der Waals surface area contributed by atoms with E-state index in [9.17, 15) is 9.90 Å². The summed E-state index contributed by atoms with van der Waals surface area (Å²) in [6.45, 7) is 0.433. The summed E-state index contributed by atoms with van der Waals surface area (Å²) >= 11 is 0. The van der Waals surface area contributed by atoms with Gasteiger partial charge < -0.3 is 9.84 Å². The van der Waals surface area contributed by atoms with Crippen molar-refractivity contribution in [1.82, 2.24) is 10.3 Å². The van der Waals surface area contributed by atoms with Gasteiger partial charge >= 0.3 is 5.97 Å². The lowest BCUT2D eigenvalue weighted by Crippen LogP contribution is -2.28. The number of hydrogen-bond acceptors (Lipinski definition) is 4. The summed E-state index contributed by atoms with van der Waals surface area (Å²) in [5.41, 5.74) is 1.59. The zero-order chi connectivity index (χ0) is 14.4. The zero-order valence-corrected chi connectivity index (χ0v) is 11.1. The number of pyridine rings is 1. The third-order valence-corrected chi connectivity index (χ3v) is 2.91. The van der Waals surface area contributed by atoms with Crippen molar-refractivity contribution in [3.8, 4) is 5.75 Å². The van der Waals surface area contributed by atoms with Crippen LogP contribution in [0, 0.1) is 0 Å². The molecule has 0 bridgehead atoms. The Labute approximate surface area is 117 Å². The van der Waals surface area contributed by atoms with E-state index in [0.717, 1.165) is 5.56 Å². The predicted octanol–water partition coefficient (Wildman–Crippen LogP) is 2.01. The molecule has 20 heavy (non-hydrogen) atoms. The third-order valence-electron chi connectivity index (χ3n) is 2.91. The zero-order valence-electron chi connectivity index (χ0n) is 11.1. The summed E-state index contributed by atoms with van der Waals surface area (Å²) < 4.78 is 5.12. The summed E-state index contributed by atoms with van der Waals surface area (Å²) in [6, 6.07) is 9.96. The highest BCUT2D eigenvalue weighted by molar-refractivity contribution is 5.75. The summed E-state index contributed by atoms with van der Waals surface area (Å²) in [6.07, 6.45) is 3.39. The molecule has 104 valence electrons. The molecule has 0 radical (unpaired) electrons. The van der Waals surface area contributed by atoms with Crippen molar-refractivity contribution in [1.29, 1.82) is 0 Å². The number of hydrogen-bond donors (Lipinski definition) is 2. The van der Waals surface area contributed by atoms with E-state index < -0.39 is 12.0 Å². The first-order valence-electron chi connectivity index (χ1n) is 6.20. The molecule has 1 aromatic heterocycles. The number of aromatic nitrogens is 1. The van der Waals surface area contributed by atoms with E-state index in [1.807, 2.05) is 12.1 Å². The van der Waals surface area contributed by atoms with Gasteiger partial charge in [0.1, 0.15) is 11.8 Å². The van der Waals surface area contributed by atoms with Crippen molar-refractivity contribution < 1.29 is 14.6 Å². The van der Waals surface area contributed by atoms with E-state index >= 15 is 0 Å². The second-order valence-electron chi connectivity index (χ2n) is 4.29. The first kappa shape index (κ1) is 14.0. The summed E-state index contributed by atoms with van der Waals surface area (Å²) in [5.74, 6) is -0.293. The highest BCUT2D eigenvalue weighted by Crippen LogP contribution is 2.19. The normalized spacial score (nSPS) is 11.8. The topological polar surface area (TPSA) is 71.5 Å².